The van der Waals surface area contributed by atoms with Crippen LogP contribution in [-0.2, 0) is 9.47 Å². The molecular weight excluding hydrogens is 284 g/mol. The summed E-state index contributed by atoms with van der Waals surface area (Å²) in [5, 5.41) is 6.25. The van der Waals surface area contributed by atoms with Gasteiger partial charge in [-0.05, 0) is 38.2 Å². The Labute approximate surface area is 129 Å². The molecule has 7 heteroatoms. The number of carbonyl (C=O) groups is 1. The van der Waals surface area contributed by atoms with E-state index in [-0.39, 0.29) is 24.3 Å². The van der Waals surface area contributed by atoms with Crippen molar-refractivity contribution in [2.75, 3.05) is 18.5 Å². The van der Waals surface area contributed by atoms with Gasteiger partial charge in [-0.2, -0.15) is 0 Å². The van der Waals surface area contributed by atoms with E-state index in [4.69, 9.17) is 9.47 Å². The number of amides is 1. The van der Waals surface area contributed by atoms with E-state index in [1.165, 1.54) is 6.33 Å². The molecule has 0 bridgehead atoms. The lowest BCUT2D eigenvalue weighted by Gasteiger charge is -2.33. The molecule has 0 unspecified atom stereocenters. The number of nitrogens with zero attached hydrogens (tertiary/aromatic N) is 2. The number of nitrogens with one attached hydrogen (secondary N) is 2. The van der Waals surface area contributed by atoms with Crippen LogP contribution in [0.15, 0.2) is 18.6 Å². The molecular formula is C15H22N4O3. The van der Waals surface area contributed by atoms with E-state index in [0.717, 1.165) is 37.9 Å². The summed E-state index contributed by atoms with van der Waals surface area (Å²) in [7, 11) is 0. The number of alkyl carbamates (subject to hydrolysis) is 1. The third kappa shape index (κ3) is 4.07. The fraction of sp³-hybridized carbons (Fsp3) is 0.667. The summed E-state index contributed by atoms with van der Waals surface area (Å²) in [5.41, 5.74) is 0. The Morgan fingerprint density at radius 1 is 1.27 bits per heavy atom. The second-order valence-electron chi connectivity index (χ2n) is 5.77. The fourth-order valence-corrected chi connectivity index (χ4v) is 2.96. The molecule has 1 amide bonds. The van der Waals surface area contributed by atoms with Gasteiger partial charge in [0.2, 0.25) is 0 Å². The first-order valence-electron chi connectivity index (χ1n) is 7.89. The quantitative estimate of drug-likeness (QED) is 0.881. The van der Waals surface area contributed by atoms with Crippen LogP contribution in [0.5, 0.6) is 0 Å². The van der Waals surface area contributed by atoms with E-state index >= 15 is 0 Å². The van der Waals surface area contributed by atoms with E-state index in [0.29, 0.717) is 13.2 Å². The molecule has 0 spiro atoms. The van der Waals surface area contributed by atoms with E-state index in [1.54, 1.807) is 12.3 Å². The van der Waals surface area contributed by atoms with Crippen LogP contribution in [0.3, 0.4) is 0 Å². The van der Waals surface area contributed by atoms with Crippen LogP contribution in [0.2, 0.25) is 0 Å². The third-order valence-electron chi connectivity index (χ3n) is 4.15. The first-order chi connectivity index (χ1) is 10.8. The zero-order valence-electron chi connectivity index (χ0n) is 12.5. The molecule has 2 atom stereocenters. The summed E-state index contributed by atoms with van der Waals surface area (Å²) in [6, 6.07) is 1.74. The van der Waals surface area contributed by atoms with Gasteiger partial charge in [-0.3, -0.25) is 0 Å². The van der Waals surface area contributed by atoms with Gasteiger partial charge in [0.25, 0.3) is 0 Å². The molecule has 1 aliphatic heterocycles. The van der Waals surface area contributed by atoms with E-state index < -0.39 is 0 Å². The Balaban J connectivity index is 1.54. The van der Waals surface area contributed by atoms with Crippen molar-refractivity contribution in [1.82, 2.24) is 15.3 Å². The molecule has 2 fully saturated rings. The lowest BCUT2D eigenvalue weighted by molar-refractivity contribution is 0.0573. The van der Waals surface area contributed by atoms with E-state index in [1.807, 2.05) is 0 Å². The monoisotopic (exact) mass is 306 g/mol. The molecule has 0 radical (unpaired) electrons. The van der Waals surface area contributed by atoms with Crippen molar-refractivity contribution in [3.05, 3.63) is 18.6 Å². The van der Waals surface area contributed by atoms with Gasteiger partial charge in [0.05, 0.1) is 18.7 Å². The van der Waals surface area contributed by atoms with Gasteiger partial charge in [-0.25, -0.2) is 14.8 Å². The first kappa shape index (κ1) is 15.0. The van der Waals surface area contributed by atoms with Crippen molar-refractivity contribution < 1.29 is 14.3 Å². The maximum Gasteiger partial charge on any atom is 0.407 e. The average Bonchev–Trinajstić information content (AvgIpc) is 3.03. The first-order valence-corrected chi connectivity index (χ1v) is 7.89. The Bertz CT molecular complexity index is 479. The van der Waals surface area contributed by atoms with Crippen molar-refractivity contribution >= 4 is 11.9 Å². The zero-order valence-corrected chi connectivity index (χ0v) is 12.5. The average molecular weight is 306 g/mol. The summed E-state index contributed by atoms with van der Waals surface area (Å²) in [5.74, 6) is 0.724. The van der Waals surface area contributed by atoms with Crippen LogP contribution in [0.1, 0.15) is 32.1 Å². The molecule has 120 valence electrons. The van der Waals surface area contributed by atoms with Crippen LogP contribution in [-0.4, -0.2) is 47.5 Å². The zero-order chi connectivity index (χ0) is 15.2. The second-order valence-corrected chi connectivity index (χ2v) is 5.77. The van der Waals surface area contributed by atoms with Gasteiger partial charge in [0, 0.05) is 12.8 Å². The summed E-state index contributed by atoms with van der Waals surface area (Å²) in [6.45, 7) is 1.16. The lowest BCUT2D eigenvalue weighted by atomic mass is 10.0. The molecule has 0 aromatic carbocycles. The minimum atomic E-state index is -0.326. The number of anilines is 1. The van der Waals surface area contributed by atoms with Gasteiger partial charge in [0.15, 0.2) is 0 Å². The number of rotatable bonds is 4. The Kier molecular flexibility index (Phi) is 5.05. The molecule has 2 aliphatic rings. The molecule has 2 N–H and O–H groups in total. The number of carbonyl (C=O) groups excluding carboxylic acids is 1. The molecule has 1 aliphatic carbocycles. The summed E-state index contributed by atoms with van der Waals surface area (Å²) < 4.78 is 11.0. The minimum absolute atomic E-state index is 0.0280. The van der Waals surface area contributed by atoms with Gasteiger partial charge >= 0.3 is 6.09 Å². The molecule has 1 saturated heterocycles. The second kappa shape index (κ2) is 7.40. The largest absolute Gasteiger partial charge is 0.446 e. The van der Waals surface area contributed by atoms with Crippen molar-refractivity contribution in [2.45, 2.75) is 50.3 Å². The summed E-state index contributed by atoms with van der Waals surface area (Å²) in [4.78, 5) is 20.1. The highest BCUT2D eigenvalue weighted by atomic mass is 16.6. The molecule has 1 saturated carbocycles. The topological polar surface area (TPSA) is 85.4 Å². The highest BCUT2D eigenvalue weighted by Gasteiger charge is 2.29. The van der Waals surface area contributed by atoms with E-state index in [2.05, 4.69) is 20.6 Å². The Morgan fingerprint density at radius 2 is 2.14 bits per heavy atom. The highest BCUT2D eigenvalue weighted by molar-refractivity contribution is 5.68. The van der Waals surface area contributed by atoms with Gasteiger partial charge in [0.1, 0.15) is 18.2 Å². The Morgan fingerprint density at radius 3 is 2.91 bits per heavy atom. The van der Waals surface area contributed by atoms with Crippen molar-refractivity contribution in [2.24, 2.45) is 0 Å². The van der Waals surface area contributed by atoms with Gasteiger partial charge in [-0.1, -0.05) is 0 Å². The number of ether oxygens (including phenoxy) is 2. The van der Waals surface area contributed by atoms with Crippen LogP contribution in [0, 0.1) is 0 Å². The molecule has 2 heterocycles. The maximum atomic E-state index is 12.0. The van der Waals surface area contributed by atoms with E-state index in [9.17, 15) is 4.79 Å². The third-order valence-corrected chi connectivity index (χ3v) is 4.15. The predicted molar refractivity (Wildman–Crippen MR) is 80.5 cm³/mol. The predicted octanol–water partition coefficient (Wildman–Crippen LogP) is 1.71. The molecule has 1 aromatic rings. The van der Waals surface area contributed by atoms with Gasteiger partial charge < -0.3 is 20.1 Å². The summed E-state index contributed by atoms with van der Waals surface area (Å²) in [6.07, 6.45) is 7.91. The summed E-state index contributed by atoms with van der Waals surface area (Å²) >= 11 is 0. The van der Waals surface area contributed by atoms with Crippen molar-refractivity contribution in [1.29, 1.82) is 0 Å². The maximum absolute atomic E-state index is 12.0. The van der Waals surface area contributed by atoms with Crippen LogP contribution >= 0.6 is 0 Å². The fourth-order valence-electron chi connectivity index (χ4n) is 2.96. The number of hydrogen-bond acceptors (Lipinski definition) is 6. The van der Waals surface area contributed by atoms with Gasteiger partial charge in [-0.15, -0.1) is 0 Å². The molecule has 1 aromatic heterocycles. The SMILES string of the molecule is O=C(N[C@@H]1CCOC[C@@H]1Nc1ccncn1)OC1CCCC1. The molecule has 22 heavy (non-hydrogen) atoms. The van der Waals surface area contributed by atoms with Crippen molar-refractivity contribution in [3.8, 4) is 0 Å². The standard InChI is InChI=1S/C15H22N4O3/c20-15(22-11-3-1-2-4-11)19-12-6-8-21-9-13(12)18-14-5-7-16-10-17-14/h5,7,10-13H,1-4,6,8-9H2,(H,19,20)(H,16,17,18)/t12-,13+/m1/s1. The molecule has 3 rings (SSSR count). The smallest absolute Gasteiger partial charge is 0.407 e. The molecule has 7 nitrogen and oxygen atoms in total. The van der Waals surface area contributed by atoms with Crippen LogP contribution in [0.25, 0.3) is 0 Å². The van der Waals surface area contributed by atoms with Crippen LogP contribution in [0.4, 0.5) is 10.6 Å². The highest BCUT2D eigenvalue weighted by Crippen LogP contribution is 2.21. The number of hydrogen-bond donors (Lipinski definition) is 2. The normalized spacial score (nSPS) is 25.6. The minimum Gasteiger partial charge on any atom is -0.446 e. The number of aromatic nitrogens is 2. The van der Waals surface area contributed by atoms with Crippen LogP contribution < -0.4 is 10.6 Å². The van der Waals surface area contributed by atoms with Crippen molar-refractivity contribution in [3.63, 3.8) is 0 Å². The Hall–Kier alpha value is -1.89. The lowest BCUT2D eigenvalue weighted by Crippen LogP contribution is -2.52.